The number of allylic oxidation sites excluding steroid dienone is 2. The smallest absolute Gasteiger partial charge is 0.219 e. The number of hydrogen-bond donors (Lipinski definition) is 2. The van der Waals surface area contributed by atoms with E-state index in [1.165, 1.54) is 18.4 Å². The van der Waals surface area contributed by atoms with E-state index in [2.05, 4.69) is 79.8 Å². The van der Waals surface area contributed by atoms with Crippen molar-refractivity contribution in [1.29, 1.82) is 0 Å². The summed E-state index contributed by atoms with van der Waals surface area (Å²) < 4.78 is 1.97. The number of aryl methyl sites for hydroxylation is 1. The second-order valence-corrected chi connectivity index (χ2v) is 11.0. The molecule has 2 aromatic heterocycles. The van der Waals surface area contributed by atoms with Crippen LogP contribution in [0.1, 0.15) is 105 Å². The quantitative estimate of drug-likeness (QED) is 0.121. The van der Waals surface area contributed by atoms with Gasteiger partial charge < -0.3 is 16.0 Å². The van der Waals surface area contributed by atoms with E-state index in [4.69, 9.17) is 5.73 Å². The molecule has 1 amide bonds. The minimum absolute atomic E-state index is 0.198. The molecule has 1 aromatic carbocycles. The fraction of sp³-hybridized carbons (Fsp3) is 0.474. The zero-order valence-electron chi connectivity index (χ0n) is 29.7. The third-order valence-electron chi connectivity index (χ3n) is 7.22. The lowest BCUT2D eigenvalue weighted by molar-refractivity contribution is -0.128. The van der Waals surface area contributed by atoms with E-state index in [1.807, 2.05) is 66.0 Å². The molecule has 0 spiro atoms. The zero-order valence-corrected chi connectivity index (χ0v) is 29.7. The topological polar surface area (TPSA) is 101 Å². The van der Waals surface area contributed by atoms with E-state index >= 15 is 0 Å². The van der Waals surface area contributed by atoms with Gasteiger partial charge in [0.15, 0.2) is 0 Å². The summed E-state index contributed by atoms with van der Waals surface area (Å²) in [4.78, 5) is 21.7. The highest BCUT2D eigenvalue weighted by Gasteiger charge is 2.14. The average molecular weight is 630 g/mol. The molecule has 46 heavy (non-hydrogen) atoms. The number of anilines is 2. The van der Waals surface area contributed by atoms with Gasteiger partial charge in [-0.15, -0.1) is 0 Å². The number of nitrogen functional groups attached to an aromatic ring is 1. The van der Waals surface area contributed by atoms with E-state index < -0.39 is 0 Å². The molecule has 3 N–H and O–H groups in total. The van der Waals surface area contributed by atoms with Crippen LogP contribution < -0.4 is 11.1 Å². The molecule has 0 bridgehead atoms. The highest BCUT2D eigenvalue weighted by Crippen LogP contribution is 2.27. The van der Waals surface area contributed by atoms with Crippen molar-refractivity contribution in [3.8, 4) is 5.69 Å². The number of rotatable bonds is 16. The van der Waals surface area contributed by atoms with E-state index in [9.17, 15) is 4.79 Å². The highest BCUT2D eigenvalue weighted by molar-refractivity contribution is 5.85. The van der Waals surface area contributed by atoms with Gasteiger partial charge in [-0.05, 0) is 73.9 Å². The minimum atomic E-state index is 0.198. The van der Waals surface area contributed by atoms with Crippen molar-refractivity contribution >= 4 is 29.2 Å². The number of benzene rings is 1. The molecule has 3 aromatic rings. The molecule has 2 heterocycles. The summed E-state index contributed by atoms with van der Waals surface area (Å²) >= 11 is 0. The third kappa shape index (κ3) is 14.3. The van der Waals surface area contributed by atoms with Crippen LogP contribution in [0.15, 0.2) is 78.2 Å². The number of aliphatic imine (C=N–C) groups is 1. The van der Waals surface area contributed by atoms with Crippen molar-refractivity contribution in [2.24, 2.45) is 10.9 Å². The van der Waals surface area contributed by atoms with E-state index in [1.54, 1.807) is 13.1 Å². The Balaban J connectivity index is 0.000000753. The predicted octanol–water partition coefficient (Wildman–Crippen LogP) is 9.35. The molecule has 0 radical (unpaired) electrons. The summed E-state index contributed by atoms with van der Waals surface area (Å²) in [7, 11) is 0. The van der Waals surface area contributed by atoms with Gasteiger partial charge in [-0.1, -0.05) is 86.1 Å². The fourth-order valence-electron chi connectivity index (χ4n) is 4.76. The molecule has 0 aliphatic carbocycles. The molecule has 0 saturated carbocycles. The standard InChI is InChI=1S/C28H36N6.C8H17NO.C2H6/c1-5-7-9-12-23-19-24(20-28(29)33-23)32-22(4)30-17-15-26(21(3)6-2)27-16-18-31-34(27)25-13-10-8-11-14-25;1-4-6-9(7-5-2)8(3)10;1-2/h8,10-11,13-21H,4-7,9,12H2,1-3H3,(H3,29,32,33);4-7H2,1-3H3;1-2H3/b26-15+,30-17-;;/t21-;;/m1../s1. The lowest BCUT2D eigenvalue weighted by Crippen LogP contribution is -2.29. The second-order valence-electron chi connectivity index (χ2n) is 11.0. The van der Waals surface area contributed by atoms with Gasteiger partial charge in [-0.3, -0.25) is 4.79 Å². The van der Waals surface area contributed by atoms with Crippen LogP contribution >= 0.6 is 0 Å². The third-order valence-corrected chi connectivity index (χ3v) is 7.22. The Kier molecular flexibility index (Phi) is 20.1. The van der Waals surface area contributed by atoms with Crippen LogP contribution in [-0.4, -0.2) is 44.9 Å². The molecule has 1 atom stereocenters. The summed E-state index contributed by atoms with van der Waals surface area (Å²) in [6.45, 7) is 22.3. The number of para-hydroxylation sites is 1. The number of nitrogens with zero attached hydrogens (tertiary/aromatic N) is 5. The molecule has 8 heteroatoms. The molecule has 3 rings (SSSR count). The van der Waals surface area contributed by atoms with Crippen LogP contribution in [0.25, 0.3) is 11.3 Å². The number of nitrogens with two attached hydrogens (primary N) is 1. The van der Waals surface area contributed by atoms with Gasteiger partial charge in [0.05, 0.1) is 17.6 Å². The number of unbranched alkanes of at least 4 members (excludes halogenated alkanes) is 2. The molecule has 0 fully saturated rings. The van der Waals surface area contributed by atoms with Gasteiger partial charge in [-0.2, -0.15) is 5.10 Å². The zero-order chi connectivity index (χ0) is 34.3. The number of amides is 1. The highest BCUT2D eigenvalue weighted by atomic mass is 16.2. The largest absolute Gasteiger partial charge is 0.384 e. The molecular weight excluding hydrogens is 570 g/mol. The first-order valence-corrected chi connectivity index (χ1v) is 17.1. The Morgan fingerprint density at radius 1 is 1.04 bits per heavy atom. The number of carbonyl (C=O) groups excluding carboxylic acids is 1. The Hall–Kier alpha value is -4.20. The summed E-state index contributed by atoms with van der Waals surface area (Å²) in [6.07, 6.45) is 13.2. The Labute approximate surface area is 278 Å². The van der Waals surface area contributed by atoms with Gasteiger partial charge in [0.2, 0.25) is 5.91 Å². The molecule has 8 nitrogen and oxygen atoms in total. The number of pyridine rings is 1. The first-order chi connectivity index (χ1) is 22.2. The summed E-state index contributed by atoms with van der Waals surface area (Å²) in [6, 6.07) is 16.0. The Morgan fingerprint density at radius 2 is 1.72 bits per heavy atom. The van der Waals surface area contributed by atoms with Gasteiger partial charge in [0.25, 0.3) is 0 Å². The van der Waals surface area contributed by atoms with Crippen LogP contribution in [0.4, 0.5) is 11.5 Å². The first kappa shape index (κ1) is 39.8. The van der Waals surface area contributed by atoms with Crippen molar-refractivity contribution < 1.29 is 4.79 Å². The van der Waals surface area contributed by atoms with Crippen molar-refractivity contribution in [3.63, 3.8) is 0 Å². The monoisotopic (exact) mass is 629 g/mol. The lowest BCUT2D eigenvalue weighted by Gasteiger charge is -2.18. The maximum atomic E-state index is 10.8. The maximum absolute atomic E-state index is 10.8. The van der Waals surface area contributed by atoms with Crippen LogP contribution in [0, 0.1) is 5.92 Å². The maximum Gasteiger partial charge on any atom is 0.219 e. The van der Waals surface area contributed by atoms with E-state index in [0.29, 0.717) is 17.6 Å². The Bertz CT molecular complexity index is 1340. The van der Waals surface area contributed by atoms with Crippen molar-refractivity contribution in [1.82, 2.24) is 19.7 Å². The molecule has 0 saturated heterocycles. The summed E-state index contributed by atoms with van der Waals surface area (Å²) in [5, 5.41) is 7.79. The van der Waals surface area contributed by atoms with Gasteiger partial charge in [-0.25, -0.2) is 14.7 Å². The number of aromatic nitrogens is 3. The minimum Gasteiger partial charge on any atom is -0.384 e. The Morgan fingerprint density at radius 3 is 2.30 bits per heavy atom. The van der Waals surface area contributed by atoms with E-state index in [-0.39, 0.29) is 5.91 Å². The molecule has 252 valence electrons. The number of carbonyl (C=O) groups is 1. The number of hydrogen-bond acceptors (Lipinski definition) is 6. The van der Waals surface area contributed by atoms with Crippen LogP contribution in [0.3, 0.4) is 0 Å². The van der Waals surface area contributed by atoms with Gasteiger partial charge >= 0.3 is 0 Å². The molecule has 0 unspecified atom stereocenters. The average Bonchev–Trinajstić information content (AvgIpc) is 3.54. The van der Waals surface area contributed by atoms with Crippen molar-refractivity contribution in [3.05, 3.63) is 84.6 Å². The van der Waals surface area contributed by atoms with Crippen molar-refractivity contribution in [2.45, 2.75) is 100 Å². The molecule has 0 aliphatic rings. The summed E-state index contributed by atoms with van der Waals surface area (Å²) in [5.41, 5.74) is 11.1. The molecular formula is C38H59N7O. The lowest BCUT2D eigenvalue weighted by atomic mass is 9.95. The van der Waals surface area contributed by atoms with Crippen molar-refractivity contribution in [2.75, 3.05) is 24.1 Å². The van der Waals surface area contributed by atoms with E-state index in [0.717, 1.165) is 68.0 Å². The van der Waals surface area contributed by atoms with Crippen LogP contribution in [0.5, 0.6) is 0 Å². The SMILES string of the molecule is C=C(/N=C\C=C(\c1ccnn1-c1ccccc1)[C@H](C)CC)Nc1cc(N)nc(CCCCC)c1.CC.CCCN(CCC)C(C)=O. The second kappa shape index (κ2) is 23.2. The number of nitrogens with one attached hydrogen (secondary N) is 1. The van der Waals surface area contributed by atoms with Crippen LogP contribution in [0.2, 0.25) is 0 Å². The normalized spacial score (nSPS) is 11.6. The molecule has 0 aliphatic heterocycles. The predicted molar refractivity (Wildman–Crippen MR) is 198 cm³/mol. The fourth-order valence-corrected chi connectivity index (χ4v) is 4.76. The first-order valence-electron chi connectivity index (χ1n) is 17.1. The van der Waals surface area contributed by atoms with Gasteiger partial charge in [0, 0.05) is 43.7 Å². The van der Waals surface area contributed by atoms with Gasteiger partial charge in [0.1, 0.15) is 11.6 Å². The summed E-state index contributed by atoms with van der Waals surface area (Å²) in [5.74, 6) is 1.59. The van der Waals surface area contributed by atoms with Crippen LogP contribution in [-0.2, 0) is 11.2 Å².